The molecule has 0 radical (unpaired) electrons. The largest absolute Gasteiger partial charge is 0.497 e. The Morgan fingerprint density at radius 2 is 1.62 bits per heavy atom. The number of hydrogen-bond acceptors (Lipinski definition) is 4. The summed E-state index contributed by atoms with van der Waals surface area (Å²) >= 11 is 0. The molecule has 0 saturated carbocycles. The molecule has 1 fully saturated rings. The van der Waals surface area contributed by atoms with Gasteiger partial charge in [0.15, 0.2) is 0 Å². The number of carbonyl (C=O) groups is 2. The van der Waals surface area contributed by atoms with Crippen molar-refractivity contribution in [1.82, 2.24) is 9.88 Å². The van der Waals surface area contributed by atoms with Crippen molar-refractivity contribution in [3.05, 3.63) is 53.9 Å². The van der Waals surface area contributed by atoms with Crippen LogP contribution < -0.4 is 10.1 Å². The molecule has 1 aromatic carbocycles. The zero-order chi connectivity index (χ0) is 18.4. The Balaban J connectivity index is 1.71. The molecular weight excluding hydrogens is 330 g/mol. The summed E-state index contributed by atoms with van der Waals surface area (Å²) in [5.41, 5.74) is 1.18. The predicted molar refractivity (Wildman–Crippen MR) is 99.6 cm³/mol. The van der Waals surface area contributed by atoms with Crippen LogP contribution in [0.4, 0.5) is 5.69 Å². The number of nitrogens with zero attached hydrogens (tertiary/aromatic N) is 2. The number of aromatic nitrogens is 1. The zero-order valence-electron chi connectivity index (χ0n) is 14.9. The summed E-state index contributed by atoms with van der Waals surface area (Å²) in [6.45, 7) is 1.51. The van der Waals surface area contributed by atoms with Gasteiger partial charge < -0.3 is 15.0 Å². The molecule has 1 aliphatic rings. The number of ether oxygens (including phenoxy) is 1. The highest BCUT2D eigenvalue weighted by molar-refractivity contribution is 6.03. The van der Waals surface area contributed by atoms with Crippen LogP contribution in [-0.4, -0.2) is 41.9 Å². The predicted octanol–water partition coefficient (Wildman–Crippen LogP) is 3.36. The fourth-order valence-corrected chi connectivity index (χ4v) is 2.99. The van der Waals surface area contributed by atoms with Crippen molar-refractivity contribution in [3.8, 4) is 5.75 Å². The Kier molecular flexibility index (Phi) is 5.84. The maximum absolute atomic E-state index is 12.7. The summed E-state index contributed by atoms with van der Waals surface area (Å²) in [5.74, 6) is 0.262. The molecule has 1 saturated heterocycles. The molecule has 0 bridgehead atoms. The molecular formula is C20H23N3O3. The Bertz CT molecular complexity index is 766. The molecule has 2 aromatic rings. The van der Waals surface area contributed by atoms with Gasteiger partial charge in [0.1, 0.15) is 17.1 Å². The minimum atomic E-state index is -0.347. The number of nitrogens with one attached hydrogen (secondary N) is 1. The van der Waals surface area contributed by atoms with Crippen molar-refractivity contribution in [2.24, 2.45) is 0 Å². The molecule has 136 valence electrons. The van der Waals surface area contributed by atoms with Gasteiger partial charge in [-0.3, -0.25) is 9.59 Å². The minimum Gasteiger partial charge on any atom is -0.497 e. The van der Waals surface area contributed by atoms with E-state index in [1.165, 1.54) is 0 Å². The highest BCUT2D eigenvalue weighted by Gasteiger charge is 2.19. The third-order valence-corrected chi connectivity index (χ3v) is 4.44. The number of likely N-dealkylation sites (tertiary alicyclic amines) is 1. The first-order valence-electron chi connectivity index (χ1n) is 8.89. The van der Waals surface area contributed by atoms with Gasteiger partial charge >= 0.3 is 0 Å². The summed E-state index contributed by atoms with van der Waals surface area (Å²) in [7, 11) is 1.59. The molecule has 2 heterocycles. The summed E-state index contributed by atoms with van der Waals surface area (Å²) < 4.78 is 5.10. The molecule has 1 aromatic heterocycles. The van der Waals surface area contributed by atoms with Crippen molar-refractivity contribution in [2.45, 2.75) is 25.7 Å². The van der Waals surface area contributed by atoms with E-state index in [-0.39, 0.29) is 17.5 Å². The Hall–Kier alpha value is -2.89. The maximum atomic E-state index is 12.7. The lowest BCUT2D eigenvalue weighted by atomic mass is 10.2. The fourth-order valence-electron chi connectivity index (χ4n) is 2.99. The molecule has 0 spiro atoms. The van der Waals surface area contributed by atoms with Crippen LogP contribution in [0.25, 0.3) is 0 Å². The van der Waals surface area contributed by atoms with E-state index in [2.05, 4.69) is 10.3 Å². The van der Waals surface area contributed by atoms with Gasteiger partial charge in [0.25, 0.3) is 11.8 Å². The van der Waals surface area contributed by atoms with Gasteiger partial charge in [-0.1, -0.05) is 18.9 Å². The number of anilines is 1. The molecule has 1 aliphatic heterocycles. The van der Waals surface area contributed by atoms with Crippen LogP contribution in [0.5, 0.6) is 5.75 Å². The average Bonchev–Trinajstić information content (AvgIpc) is 2.97. The third kappa shape index (κ3) is 4.39. The van der Waals surface area contributed by atoms with E-state index < -0.39 is 0 Å². The van der Waals surface area contributed by atoms with Crippen molar-refractivity contribution >= 4 is 17.5 Å². The monoisotopic (exact) mass is 353 g/mol. The van der Waals surface area contributed by atoms with Gasteiger partial charge in [-0.05, 0) is 49.2 Å². The summed E-state index contributed by atoms with van der Waals surface area (Å²) in [5, 5.41) is 2.78. The quantitative estimate of drug-likeness (QED) is 0.915. The van der Waals surface area contributed by atoms with E-state index >= 15 is 0 Å². The second kappa shape index (κ2) is 8.47. The van der Waals surface area contributed by atoms with E-state index in [0.29, 0.717) is 17.1 Å². The number of methoxy groups -OCH3 is 1. The highest BCUT2D eigenvalue weighted by Crippen LogP contribution is 2.16. The van der Waals surface area contributed by atoms with Gasteiger partial charge in [-0.25, -0.2) is 4.98 Å². The lowest BCUT2D eigenvalue weighted by Crippen LogP contribution is -2.32. The van der Waals surface area contributed by atoms with Crippen LogP contribution in [0, 0.1) is 0 Å². The van der Waals surface area contributed by atoms with E-state index in [1.807, 2.05) is 4.90 Å². The first-order chi connectivity index (χ1) is 12.7. The van der Waals surface area contributed by atoms with Gasteiger partial charge in [0, 0.05) is 18.8 Å². The number of benzene rings is 1. The van der Waals surface area contributed by atoms with Crippen LogP contribution in [0.1, 0.15) is 46.7 Å². The summed E-state index contributed by atoms with van der Waals surface area (Å²) in [6, 6.07) is 12.0. The lowest BCUT2D eigenvalue weighted by Gasteiger charge is -2.19. The number of amides is 2. The number of rotatable bonds is 4. The lowest BCUT2D eigenvalue weighted by molar-refractivity contribution is 0.0755. The normalized spacial score (nSPS) is 14.4. The molecule has 1 N–H and O–H groups in total. The van der Waals surface area contributed by atoms with E-state index in [4.69, 9.17) is 4.74 Å². The minimum absolute atomic E-state index is 0.106. The van der Waals surface area contributed by atoms with Crippen LogP contribution in [-0.2, 0) is 0 Å². The smallest absolute Gasteiger partial charge is 0.274 e. The van der Waals surface area contributed by atoms with Crippen molar-refractivity contribution in [1.29, 1.82) is 0 Å². The Labute approximate surface area is 153 Å². The fraction of sp³-hybridized carbons (Fsp3) is 0.350. The molecule has 2 amide bonds. The maximum Gasteiger partial charge on any atom is 0.274 e. The summed E-state index contributed by atoms with van der Waals surface area (Å²) in [4.78, 5) is 31.2. The first-order valence-corrected chi connectivity index (χ1v) is 8.89. The van der Waals surface area contributed by atoms with Crippen LogP contribution in [0.15, 0.2) is 42.5 Å². The number of carbonyl (C=O) groups excluding carboxylic acids is 2. The molecule has 6 nitrogen and oxygen atoms in total. The van der Waals surface area contributed by atoms with Gasteiger partial charge in [-0.15, -0.1) is 0 Å². The van der Waals surface area contributed by atoms with Crippen molar-refractivity contribution in [3.63, 3.8) is 0 Å². The van der Waals surface area contributed by atoms with E-state index in [0.717, 1.165) is 38.8 Å². The molecule has 26 heavy (non-hydrogen) atoms. The first kappa shape index (κ1) is 17.9. The topological polar surface area (TPSA) is 71.5 Å². The van der Waals surface area contributed by atoms with Gasteiger partial charge in [0.2, 0.25) is 0 Å². The van der Waals surface area contributed by atoms with E-state index in [9.17, 15) is 9.59 Å². The third-order valence-electron chi connectivity index (χ3n) is 4.44. The van der Waals surface area contributed by atoms with Gasteiger partial charge in [0.05, 0.1) is 7.11 Å². The number of hydrogen-bond donors (Lipinski definition) is 1. The Morgan fingerprint density at radius 1 is 0.962 bits per heavy atom. The molecule has 3 rings (SSSR count). The molecule has 0 unspecified atom stereocenters. The van der Waals surface area contributed by atoms with Crippen LogP contribution in [0.2, 0.25) is 0 Å². The molecule has 0 atom stereocenters. The standard InChI is InChI=1S/C20H23N3O3/c1-26-16-11-9-15(10-12-16)21-19(24)17-7-6-8-18(22-17)20(25)23-13-4-2-3-5-14-23/h6-12H,2-5,13-14H2,1H3,(H,21,24). The SMILES string of the molecule is COc1ccc(NC(=O)c2cccc(C(=O)N3CCCCCC3)n2)cc1. The number of pyridine rings is 1. The van der Waals surface area contributed by atoms with Crippen LogP contribution in [0.3, 0.4) is 0 Å². The average molecular weight is 353 g/mol. The van der Waals surface area contributed by atoms with Crippen molar-refractivity contribution in [2.75, 3.05) is 25.5 Å². The molecule has 0 aliphatic carbocycles. The second-order valence-corrected chi connectivity index (χ2v) is 6.30. The second-order valence-electron chi connectivity index (χ2n) is 6.30. The molecule has 6 heteroatoms. The summed E-state index contributed by atoms with van der Waals surface area (Å²) in [6.07, 6.45) is 4.34. The van der Waals surface area contributed by atoms with E-state index in [1.54, 1.807) is 49.6 Å². The zero-order valence-corrected chi connectivity index (χ0v) is 14.9. The van der Waals surface area contributed by atoms with Crippen LogP contribution >= 0.6 is 0 Å². The highest BCUT2D eigenvalue weighted by atomic mass is 16.5. The van der Waals surface area contributed by atoms with Crippen molar-refractivity contribution < 1.29 is 14.3 Å². The Morgan fingerprint density at radius 3 is 2.27 bits per heavy atom. The van der Waals surface area contributed by atoms with Gasteiger partial charge in [-0.2, -0.15) is 0 Å².